The normalized spacial score (nSPS) is 19.4. The molecule has 2 aromatic rings. The topological polar surface area (TPSA) is 45.3 Å². The van der Waals surface area contributed by atoms with E-state index in [1.807, 2.05) is 29.3 Å². The van der Waals surface area contributed by atoms with Crippen molar-refractivity contribution in [2.24, 2.45) is 0 Å². The van der Waals surface area contributed by atoms with Crippen LogP contribution in [0, 0.1) is 0 Å². The number of fused-ring (bicyclic) bond motifs is 1. The Balaban J connectivity index is 1.78. The van der Waals surface area contributed by atoms with Crippen molar-refractivity contribution >= 4 is 16.8 Å². The van der Waals surface area contributed by atoms with Crippen LogP contribution in [-0.2, 0) is 16.0 Å². The zero-order valence-electron chi connectivity index (χ0n) is 11.8. The van der Waals surface area contributed by atoms with Gasteiger partial charge < -0.3 is 14.6 Å². The summed E-state index contributed by atoms with van der Waals surface area (Å²) in [4.78, 5) is 17.7. The minimum absolute atomic E-state index is 0.199. The van der Waals surface area contributed by atoms with Gasteiger partial charge >= 0.3 is 0 Å². The summed E-state index contributed by atoms with van der Waals surface area (Å²) in [5, 5.41) is 1.14. The van der Waals surface area contributed by atoms with E-state index in [0.29, 0.717) is 26.2 Å². The van der Waals surface area contributed by atoms with Crippen molar-refractivity contribution in [1.82, 2.24) is 9.88 Å². The molecule has 1 unspecified atom stereocenters. The van der Waals surface area contributed by atoms with Gasteiger partial charge in [0.2, 0.25) is 5.91 Å². The van der Waals surface area contributed by atoms with Crippen LogP contribution in [0.5, 0.6) is 0 Å². The first-order valence-electron chi connectivity index (χ1n) is 7.21. The van der Waals surface area contributed by atoms with Gasteiger partial charge in [-0.25, -0.2) is 0 Å². The van der Waals surface area contributed by atoms with Crippen molar-refractivity contribution in [3.8, 4) is 0 Å². The maximum absolute atomic E-state index is 12.5. The molecule has 1 amide bonds. The van der Waals surface area contributed by atoms with Crippen LogP contribution < -0.4 is 0 Å². The molecule has 1 aromatic heterocycles. The van der Waals surface area contributed by atoms with Crippen molar-refractivity contribution in [3.05, 3.63) is 36.0 Å². The Kier molecular flexibility index (Phi) is 3.74. The number of aromatic amines is 1. The van der Waals surface area contributed by atoms with Crippen LogP contribution in [0.25, 0.3) is 10.9 Å². The predicted molar refractivity (Wildman–Crippen MR) is 78.6 cm³/mol. The molecule has 1 atom stereocenters. The molecule has 0 radical (unpaired) electrons. The van der Waals surface area contributed by atoms with E-state index in [9.17, 15) is 4.79 Å². The summed E-state index contributed by atoms with van der Waals surface area (Å²) in [5.74, 6) is 0.199. The minimum atomic E-state index is 0.199. The van der Waals surface area contributed by atoms with Gasteiger partial charge in [-0.05, 0) is 18.1 Å². The van der Waals surface area contributed by atoms with Gasteiger partial charge in [-0.3, -0.25) is 4.79 Å². The quantitative estimate of drug-likeness (QED) is 0.932. The van der Waals surface area contributed by atoms with E-state index in [-0.39, 0.29) is 11.9 Å². The molecule has 4 heteroatoms. The molecule has 106 valence electrons. The number of carbonyl (C=O) groups excluding carboxylic acids is 1. The van der Waals surface area contributed by atoms with Crippen molar-refractivity contribution in [1.29, 1.82) is 0 Å². The van der Waals surface area contributed by atoms with Gasteiger partial charge in [-0.1, -0.05) is 25.1 Å². The average molecular weight is 272 g/mol. The fourth-order valence-corrected chi connectivity index (χ4v) is 2.86. The maximum atomic E-state index is 12.5. The molecule has 1 aromatic carbocycles. The van der Waals surface area contributed by atoms with Crippen molar-refractivity contribution < 1.29 is 9.53 Å². The van der Waals surface area contributed by atoms with E-state index in [4.69, 9.17) is 4.74 Å². The molecule has 4 nitrogen and oxygen atoms in total. The lowest BCUT2D eigenvalue weighted by Crippen LogP contribution is -2.48. The van der Waals surface area contributed by atoms with Gasteiger partial charge in [-0.2, -0.15) is 0 Å². The van der Waals surface area contributed by atoms with Crippen molar-refractivity contribution in [2.75, 3.05) is 19.8 Å². The Morgan fingerprint density at radius 1 is 1.45 bits per heavy atom. The number of morpholine rings is 1. The molecule has 1 saturated heterocycles. The fourth-order valence-electron chi connectivity index (χ4n) is 2.86. The number of para-hydroxylation sites is 1. The number of nitrogens with zero attached hydrogens (tertiary/aromatic N) is 1. The third-order valence-corrected chi connectivity index (χ3v) is 4.04. The maximum Gasteiger partial charge on any atom is 0.227 e. The average Bonchev–Trinajstić information content (AvgIpc) is 2.90. The molecular weight excluding hydrogens is 252 g/mol. The fraction of sp³-hybridized carbons (Fsp3) is 0.438. The molecule has 3 rings (SSSR count). The summed E-state index contributed by atoms with van der Waals surface area (Å²) < 4.78 is 5.46. The van der Waals surface area contributed by atoms with Gasteiger partial charge in [-0.15, -0.1) is 0 Å². The lowest BCUT2D eigenvalue weighted by atomic mass is 10.1. The summed E-state index contributed by atoms with van der Waals surface area (Å²) in [5.41, 5.74) is 2.16. The van der Waals surface area contributed by atoms with E-state index >= 15 is 0 Å². The summed E-state index contributed by atoms with van der Waals surface area (Å²) in [6, 6.07) is 8.33. The van der Waals surface area contributed by atoms with Crippen LogP contribution in [-0.4, -0.2) is 41.6 Å². The highest BCUT2D eigenvalue weighted by molar-refractivity contribution is 5.89. The van der Waals surface area contributed by atoms with Crippen LogP contribution in [0.4, 0.5) is 0 Å². The van der Waals surface area contributed by atoms with Crippen LogP contribution in [0.1, 0.15) is 18.9 Å². The Labute approximate surface area is 118 Å². The molecule has 0 spiro atoms. The first-order valence-corrected chi connectivity index (χ1v) is 7.21. The third-order valence-electron chi connectivity index (χ3n) is 4.04. The number of H-pyrrole nitrogens is 1. The highest BCUT2D eigenvalue weighted by Gasteiger charge is 2.26. The predicted octanol–water partition coefficient (Wildman–Crippen LogP) is 2.35. The van der Waals surface area contributed by atoms with Gasteiger partial charge in [0.1, 0.15) is 0 Å². The van der Waals surface area contributed by atoms with Crippen LogP contribution in [0.15, 0.2) is 30.5 Å². The summed E-state index contributed by atoms with van der Waals surface area (Å²) in [6.45, 7) is 4.12. The second kappa shape index (κ2) is 5.67. The second-order valence-corrected chi connectivity index (χ2v) is 5.26. The summed E-state index contributed by atoms with van der Waals surface area (Å²) >= 11 is 0. The lowest BCUT2D eigenvalue weighted by molar-refractivity contribution is -0.139. The lowest BCUT2D eigenvalue weighted by Gasteiger charge is -2.35. The number of aromatic nitrogens is 1. The molecule has 0 aliphatic carbocycles. The Morgan fingerprint density at radius 2 is 2.30 bits per heavy atom. The Hall–Kier alpha value is -1.81. The molecule has 20 heavy (non-hydrogen) atoms. The number of rotatable bonds is 3. The number of hydrogen-bond donors (Lipinski definition) is 1. The number of carbonyl (C=O) groups is 1. The van der Waals surface area contributed by atoms with Gasteiger partial charge in [0, 0.05) is 23.6 Å². The highest BCUT2D eigenvalue weighted by atomic mass is 16.5. The summed E-state index contributed by atoms with van der Waals surface area (Å²) in [7, 11) is 0. The molecule has 1 N–H and O–H groups in total. The third kappa shape index (κ3) is 2.43. The van der Waals surface area contributed by atoms with E-state index in [2.05, 4.69) is 18.0 Å². The molecule has 1 aliphatic heterocycles. The standard InChI is InChI=1S/C16H20N2O2/c1-2-13-11-20-8-7-18(13)16(19)9-12-10-17-15-6-4-3-5-14(12)15/h3-6,10,13,17H,2,7-9,11H2,1H3. The minimum Gasteiger partial charge on any atom is -0.377 e. The van der Waals surface area contributed by atoms with Crippen molar-refractivity contribution in [3.63, 3.8) is 0 Å². The largest absolute Gasteiger partial charge is 0.377 e. The second-order valence-electron chi connectivity index (χ2n) is 5.26. The molecule has 0 bridgehead atoms. The SMILES string of the molecule is CCC1COCCN1C(=O)Cc1c[nH]c2ccccc12. The van der Waals surface area contributed by atoms with Gasteiger partial charge in [0.15, 0.2) is 0 Å². The number of amides is 1. The molecule has 1 fully saturated rings. The van der Waals surface area contributed by atoms with E-state index in [0.717, 1.165) is 22.9 Å². The van der Waals surface area contributed by atoms with Gasteiger partial charge in [0.25, 0.3) is 0 Å². The van der Waals surface area contributed by atoms with E-state index in [1.165, 1.54) is 0 Å². The van der Waals surface area contributed by atoms with Gasteiger partial charge in [0.05, 0.1) is 25.7 Å². The monoisotopic (exact) mass is 272 g/mol. The Bertz CT molecular complexity index is 605. The Morgan fingerprint density at radius 3 is 3.15 bits per heavy atom. The molecule has 2 heterocycles. The van der Waals surface area contributed by atoms with E-state index < -0.39 is 0 Å². The van der Waals surface area contributed by atoms with Crippen molar-refractivity contribution in [2.45, 2.75) is 25.8 Å². The first-order chi connectivity index (χ1) is 9.79. The zero-order chi connectivity index (χ0) is 13.9. The summed E-state index contributed by atoms with van der Waals surface area (Å²) in [6.07, 6.45) is 3.35. The van der Waals surface area contributed by atoms with Crippen LogP contribution >= 0.6 is 0 Å². The number of nitrogens with one attached hydrogen (secondary N) is 1. The highest BCUT2D eigenvalue weighted by Crippen LogP contribution is 2.20. The molecule has 1 aliphatic rings. The van der Waals surface area contributed by atoms with Crippen LogP contribution in [0.2, 0.25) is 0 Å². The first kappa shape index (κ1) is 13.2. The molecular formula is C16H20N2O2. The number of ether oxygens (including phenoxy) is 1. The number of hydrogen-bond acceptors (Lipinski definition) is 2. The number of benzene rings is 1. The zero-order valence-corrected chi connectivity index (χ0v) is 11.8. The van der Waals surface area contributed by atoms with E-state index in [1.54, 1.807) is 0 Å². The smallest absolute Gasteiger partial charge is 0.227 e. The van der Waals surface area contributed by atoms with Crippen LogP contribution in [0.3, 0.4) is 0 Å². The molecule has 0 saturated carbocycles.